The van der Waals surface area contributed by atoms with Gasteiger partial charge in [0.05, 0.1) is 13.1 Å². The van der Waals surface area contributed by atoms with Crippen LogP contribution >= 0.6 is 11.6 Å². The number of hydrogen-bond donors (Lipinski definition) is 0. The Balaban J connectivity index is 1.19. The Kier molecular flexibility index (Phi) is 8.42. The number of halogens is 1. The molecule has 0 unspecified atom stereocenters. The van der Waals surface area contributed by atoms with Crippen LogP contribution in [0.2, 0.25) is 5.02 Å². The smallest absolute Gasteiger partial charge is 0.289 e. The summed E-state index contributed by atoms with van der Waals surface area (Å²) in [4.78, 5) is 32.4. The molecule has 2 amide bonds. The molecule has 2 aromatic heterocycles. The average Bonchev–Trinajstić information content (AvgIpc) is 3.71. The van der Waals surface area contributed by atoms with Gasteiger partial charge in [-0.05, 0) is 61.7 Å². The summed E-state index contributed by atoms with van der Waals surface area (Å²) in [5.74, 6) is 1.49. The molecule has 0 spiro atoms. The number of hydrogen-bond acceptors (Lipinski definition) is 4. The van der Waals surface area contributed by atoms with E-state index in [4.69, 9.17) is 16.0 Å². The van der Waals surface area contributed by atoms with E-state index in [-0.39, 0.29) is 11.8 Å². The molecule has 2 aliphatic rings. The number of carbonyl (C=O) groups is 2. The van der Waals surface area contributed by atoms with Crippen LogP contribution in [0.5, 0.6) is 0 Å². The van der Waals surface area contributed by atoms with E-state index >= 15 is 0 Å². The topological polar surface area (TPSA) is 61.9 Å². The lowest BCUT2D eigenvalue weighted by molar-refractivity contribution is -0.136. The van der Waals surface area contributed by atoms with Crippen LogP contribution < -0.4 is 4.90 Å². The summed E-state index contributed by atoms with van der Waals surface area (Å²) in [5.41, 5.74) is 2.15. The number of rotatable bonds is 9. The van der Waals surface area contributed by atoms with Crippen molar-refractivity contribution >= 4 is 29.1 Å². The maximum Gasteiger partial charge on any atom is 0.289 e. The van der Waals surface area contributed by atoms with Gasteiger partial charge in [-0.2, -0.15) is 0 Å². The van der Waals surface area contributed by atoms with Gasteiger partial charge in [0, 0.05) is 61.2 Å². The van der Waals surface area contributed by atoms with E-state index in [2.05, 4.69) is 22.5 Å². The van der Waals surface area contributed by atoms with Crippen molar-refractivity contribution in [2.24, 2.45) is 5.92 Å². The average molecular weight is 537 g/mol. The first-order valence-electron chi connectivity index (χ1n) is 13.8. The second kappa shape index (κ2) is 12.1. The molecule has 8 heteroatoms. The first-order valence-corrected chi connectivity index (χ1v) is 14.2. The van der Waals surface area contributed by atoms with Crippen molar-refractivity contribution < 1.29 is 14.0 Å². The molecule has 5 rings (SSSR count). The van der Waals surface area contributed by atoms with Crippen molar-refractivity contribution in [1.29, 1.82) is 0 Å². The fraction of sp³-hybridized carbons (Fsp3) is 0.467. The minimum absolute atomic E-state index is 0.0778. The molecule has 3 aromatic rings. The third-order valence-electron chi connectivity index (χ3n) is 7.72. The van der Waals surface area contributed by atoms with Gasteiger partial charge < -0.3 is 23.7 Å². The zero-order chi connectivity index (χ0) is 26.5. The SMILES string of the molecule is CCCN(Cc1cccn1Cc1ccc(C(=O)N2CCN(c3cccc(Cl)c3)CC2)o1)C(=O)C1CCCC1. The molecule has 3 heterocycles. The third-order valence-corrected chi connectivity index (χ3v) is 7.96. The van der Waals surface area contributed by atoms with E-state index in [9.17, 15) is 9.59 Å². The van der Waals surface area contributed by atoms with Gasteiger partial charge in [0.1, 0.15) is 5.76 Å². The molecule has 1 saturated heterocycles. The number of amides is 2. The van der Waals surface area contributed by atoms with E-state index in [1.54, 1.807) is 6.07 Å². The highest BCUT2D eigenvalue weighted by Gasteiger charge is 2.28. The summed E-state index contributed by atoms with van der Waals surface area (Å²) in [6.07, 6.45) is 7.29. The summed E-state index contributed by atoms with van der Waals surface area (Å²) in [5, 5.41) is 0.716. The zero-order valence-corrected chi connectivity index (χ0v) is 22.9. The van der Waals surface area contributed by atoms with Gasteiger partial charge in [0.2, 0.25) is 5.91 Å². The second-order valence-electron chi connectivity index (χ2n) is 10.4. The van der Waals surface area contributed by atoms with Crippen molar-refractivity contribution in [3.63, 3.8) is 0 Å². The summed E-state index contributed by atoms with van der Waals surface area (Å²) in [6, 6.07) is 15.6. The lowest BCUT2D eigenvalue weighted by atomic mass is 10.1. The van der Waals surface area contributed by atoms with E-state index in [0.717, 1.165) is 68.9 Å². The number of benzene rings is 1. The Hall–Kier alpha value is -3.19. The van der Waals surface area contributed by atoms with E-state index < -0.39 is 0 Å². The summed E-state index contributed by atoms with van der Waals surface area (Å²) < 4.78 is 8.12. The van der Waals surface area contributed by atoms with Crippen LogP contribution in [0.15, 0.2) is 59.1 Å². The van der Waals surface area contributed by atoms with Gasteiger partial charge in [-0.25, -0.2) is 0 Å². The molecule has 38 heavy (non-hydrogen) atoms. The molecule has 1 saturated carbocycles. The van der Waals surface area contributed by atoms with Gasteiger partial charge in [-0.1, -0.05) is 37.4 Å². The molecule has 1 aromatic carbocycles. The highest BCUT2D eigenvalue weighted by atomic mass is 35.5. The molecule has 1 aliphatic heterocycles. The third kappa shape index (κ3) is 6.09. The molecule has 1 aliphatic carbocycles. The first-order chi connectivity index (χ1) is 18.5. The highest BCUT2D eigenvalue weighted by molar-refractivity contribution is 6.30. The summed E-state index contributed by atoms with van der Waals surface area (Å²) >= 11 is 6.14. The molecule has 202 valence electrons. The number of aromatic nitrogens is 1. The lowest BCUT2D eigenvalue weighted by Gasteiger charge is -2.35. The van der Waals surface area contributed by atoms with Crippen molar-refractivity contribution in [3.05, 3.63) is 77.0 Å². The van der Waals surface area contributed by atoms with E-state index in [0.29, 0.717) is 42.9 Å². The lowest BCUT2D eigenvalue weighted by Crippen LogP contribution is -2.48. The number of anilines is 1. The standard InChI is InChI=1S/C30H37ClN4O3/c1-2-14-35(29(36)23-7-3-4-8-23)21-26-11-6-15-34(26)22-27-12-13-28(38-27)30(37)33-18-16-32(17-19-33)25-10-5-9-24(31)20-25/h5-6,9-13,15,20,23H,2-4,7-8,14,16-19,21-22H2,1H3. The molecule has 7 nitrogen and oxygen atoms in total. The quantitative estimate of drug-likeness (QED) is 0.353. The van der Waals surface area contributed by atoms with Crippen LogP contribution in [0.25, 0.3) is 0 Å². The van der Waals surface area contributed by atoms with Gasteiger partial charge in [0.25, 0.3) is 5.91 Å². The summed E-state index contributed by atoms with van der Waals surface area (Å²) in [6.45, 7) is 6.77. The number of carbonyl (C=O) groups excluding carboxylic acids is 2. The Morgan fingerprint density at radius 3 is 2.55 bits per heavy atom. The normalized spacial score (nSPS) is 16.3. The predicted octanol–water partition coefficient (Wildman–Crippen LogP) is 5.67. The molecular weight excluding hydrogens is 500 g/mol. The molecule has 0 bridgehead atoms. The zero-order valence-electron chi connectivity index (χ0n) is 22.2. The fourth-order valence-corrected chi connectivity index (χ4v) is 5.84. The number of nitrogens with zero attached hydrogens (tertiary/aromatic N) is 4. The Morgan fingerprint density at radius 1 is 1.03 bits per heavy atom. The fourth-order valence-electron chi connectivity index (χ4n) is 5.65. The molecule has 2 fully saturated rings. The highest BCUT2D eigenvalue weighted by Crippen LogP contribution is 2.27. The van der Waals surface area contributed by atoms with Gasteiger partial charge in [0.15, 0.2) is 5.76 Å². The van der Waals surface area contributed by atoms with Gasteiger partial charge in [-0.3, -0.25) is 9.59 Å². The van der Waals surface area contributed by atoms with Crippen molar-refractivity contribution in [3.8, 4) is 0 Å². The van der Waals surface area contributed by atoms with E-state index in [1.807, 2.05) is 52.4 Å². The van der Waals surface area contributed by atoms with Gasteiger partial charge in [-0.15, -0.1) is 0 Å². The Bertz CT molecular complexity index is 1240. The number of furan rings is 1. The van der Waals surface area contributed by atoms with Crippen LogP contribution in [-0.4, -0.2) is 58.9 Å². The second-order valence-corrected chi connectivity index (χ2v) is 10.8. The maximum absolute atomic E-state index is 13.1. The largest absolute Gasteiger partial charge is 0.454 e. The summed E-state index contributed by atoms with van der Waals surface area (Å²) in [7, 11) is 0. The van der Waals surface area contributed by atoms with Crippen LogP contribution in [-0.2, 0) is 17.9 Å². The van der Waals surface area contributed by atoms with Crippen LogP contribution in [0.1, 0.15) is 61.0 Å². The Labute approximate surface area is 229 Å². The molecule has 0 atom stereocenters. The van der Waals surface area contributed by atoms with Crippen LogP contribution in [0.4, 0.5) is 5.69 Å². The minimum Gasteiger partial charge on any atom is -0.454 e. The monoisotopic (exact) mass is 536 g/mol. The van der Waals surface area contributed by atoms with Crippen LogP contribution in [0.3, 0.4) is 0 Å². The van der Waals surface area contributed by atoms with Crippen molar-refractivity contribution in [2.75, 3.05) is 37.6 Å². The number of piperazine rings is 1. The molecule has 0 radical (unpaired) electrons. The minimum atomic E-state index is -0.0778. The molecule has 0 N–H and O–H groups in total. The maximum atomic E-state index is 13.1. The first kappa shape index (κ1) is 26.4. The molecular formula is C30H37ClN4O3. The predicted molar refractivity (Wildman–Crippen MR) is 149 cm³/mol. The Morgan fingerprint density at radius 2 is 1.82 bits per heavy atom. The van der Waals surface area contributed by atoms with Crippen molar-refractivity contribution in [1.82, 2.24) is 14.4 Å². The van der Waals surface area contributed by atoms with Crippen LogP contribution in [0, 0.1) is 5.92 Å². The van der Waals surface area contributed by atoms with E-state index in [1.165, 1.54) is 0 Å². The van der Waals surface area contributed by atoms with Crippen molar-refractivity contribution in [2.45, 2.75) is 52.1 Å². The van der Waals surface area contributed by atoms with Gasteiger partial charge >= 0.3 is 0 Å².